The van der Waals surface area contributed by atoms with Crippen LogP contribution in [0.5, 0.6) is 46.0 Å². The van der Waals surface area contributed by atoms with E-state index in [0.717, 1.165) is 60.2 Å². The van der Waals surface area contributed by atoms with Crippen molar-refractivity contribution in [1.29, 1.82) is 0 Å². The molecule has 0 aliphatic heterocycles. The minimum atomic E-state index is 0.128. The van der Waals surface area contributed by atoms with Gasteiger partial charge in [0.25, 0.3) is 0 Å². The third-order valence-corrected chi connectivity index (χ3v) is 10.5. The van der Waals surface area contributed by atoms with Gasteiger partial charge in [-0.1, -0.05) is 41.5 Å². The quantitative estimate of drug-likeness (QED) is 0.0307. The summed E-state index contributed by atoms with van der Waals surface area (Å²) in [4.78, 5) is 0. The van der Waals surface area contributed by atoms with Crippen LogP contribution >= 0.6 is 0 Å². The second kappa shape index (κ2) is 43.0. The summed E-state index contributed by atoms with van der Waals surface area (Å²) in [5.41, 5.74) is 4.14. The zero-order chi connectivity index (χ0) is 55.6. The lowest BCUT2D eigenvalue weighted by Crippen LogP contribution is -2.07. The van der Waals surface area contributed by atoms with Gasteiger partial charge in [0, 0.05) is 80.6 Å². The number of hydrogen-bond donors (Lipinski definition) is 0. The molecule has 0 fully saturated rings. The molecule has 0 heterocycles. The van der Waals surface area contributed by atoms with E-state index in [-0.39, 0.29) is 6.79 Å². The highest BCUT2D eigenvalue weighted by molar-refractivity contribution is 5.42. The fourth-order valence-corrected chi connectivity index (χ4v) is 7.05. The number of hydrogen-bond acceptors (Lipinski definition) is 16. The SMILES string of the molecule is COCCOCCCC(C)C.COCCOc1cc(CC(C)C)cc(OCCOC)c1.COCCOc1cc(COc2cc(CC(C)C)cc(OCc3cc(OCCOC)cc(OCOC)c3)c2)cc(OCCOC)c1. The Morgan fingerprint density at radius 2 is 0.566 bits per heavy atom. The molecule has 0 aliphatic rings. The molecule has 0 atom stereocenters. The fourth-order valence-electron chi connectivity index (χ4n) is 7.05. The van der Waals surface area contributed by atoms with Gasteiger partial charge in [-0.15, -0.1) is 0 Å². The van der Waals surface area contributed by atoms with Gasteiger partial charge in [-0.2, -0.15) is 0 Å². The second-order valence-corrected chi connectivity index (χ2v) is 18.9. The summed E-state index contributed by atoms with van der Waals surface area (Å²) in [6.07, 6.45) is 4.31. The first-order valence-corrected chi connectivity index (χ1v) is 26.4. The maximum Gasteiger partial charge on any atom is 0.188 e. The largest absolute Gasteiger partial charge is 0.491 e. The van der Waals surface area contributed by atoms with Crippen molar-refractivity contribution in [3.8, 4) is 46.0 Å². The van der Waals surface area contributed by atoms with E-state index < -0.39 is 0 Å². The van der Waals surface area contributed by atoms with Crippen LogP contribution in [0, 0.1) is 17.8 Å². The first kappa shape index (κ1) is 67.1. The third-order valence-electron chi connectivity index (χ3n) is 10.5. The van der Waals surface area contributed by atoms with Crippen molar-refractivity contribution in [1.82, 2.24) is 0 Å². The van der Waals surface area contributed by atoms with E-state index in [9.17, 15) is 0 Å². The van der Waals surface area contributed by atoms with Gasteiger partial charge in [-0.25, -0.2) is 0 Å². The predicted molar refractivity (Wildman–Crippen MR) is 298 cm³/mol. The summed E-state index contributed by atoms with van der Waals surface area (Å²) in [6.45, 7) is 21.3. The molecule has 0 radical (unpaired) electrons. The van der Waals surface area contributed by atoms with Gasteiger partial charge in [0.05, 0.1) is 46.2 Å². The van der Waals surface area contributed by atoms with Gasteiger partial charge in [0.15, 0.2) is 6.79 Å². The van der Waals surface area contributed by atoms with Crippen LogP contribution in [-0.2, 0) is 64.0 Å². The van der Waals surface area contributed by atoms with E-state index in [0.29, 0.717) is 132 Å². The van der Waals surface area contributed by atoms with Crippen LogP contribution in [0.25, 0.3) is 0 Å². The molecule has 0 amide bonds. The van der Waals surface area contributed by atoms with Gasteiger partial charge in [-0.3, -0.25) is 0 Å². The Morgan fingerprint density at radius 3 is 0.855 bits per heavy atom. The smallest absolute Gasteiger partial charge is 0.188 e. The van der Waals surface area contributed by atoms with Crippen molar-refractivity contribution in [2.45, 2.75) is 80.4 Å². The molecule has 430 valence electrons. The third kappa shape index (κ3) is 33.2. The normalized spacial score (nSPS) is 10.9. The van der Waals surface area contributed by atoms with Crippen molar-refractivity contribution in [2.24, 2.45) is 17.8 Å². The van der Waals surface area contributed by atoms with Crippen LogP contribution in [0.1, 0.15) is 76.6 Å². The number of ether oxygens (including phenoxy) is 16. The van der Waals surface area contributed by atoms with Crippen LogP contribution in [0.4, 0.5) is 0 Å². The van der Waals surface area contributed by atoms with Gasteiger partial charge >= 0.3 is 0 Å². The maximum absolute atomic E-state index is 6.30. The van der Waals surface area contributed by atoms with E-state index >= 15 is 0 Å². The molecule has 0 aromatic heterocycles. The molecule has 4 aromatic carbocycles. The Hall–Kier alpha value is -5.04. The topological polar surface area (TPSA) is 148 Å². The zero-order valence-electron chi connectivity index (χ0n) is 48.3. The molecule has 0 spiro atoms. The lowest BCUT2D eigenvalue weighted by atomic mass is 10.0. The van der Waals surface area contributed by atoms with Gasteiger partial charge in [0.1, 0.15) is 92.2 Å². The van der Waals surface area contributed by atoms with Crippen LogP contribution in [0.2, 0.25) is 0 Å². The van der Waals surface area contributed by atoms with Gasteiger partial charge < -0.3 is 75.8 Å². The first-order chi connectivity index (χ1) is 36.8. The minimum absolute atomic E-state index is 0.128. The highest BCUT2D eigenvalue weighted by Crippen LogP contribution is 2.30. The summed E-state index contributed by atoms with van der Waals surface area (Å²) in [7, 11) is 11.5. The average Bonchev–Trinajstić information content (AvgIpc) is 3.38. The molecule has 16 nitrogen and oxygen atoms in total. The Morgan fingerprint density at radius 1 is 0.276 bits per heavy atom. The van der Waals surface area contributed by atoms with Crippen molar-refractivity contribution < 1.29 is 75.8 Å². The Balaban J connectivity index is 0.000000520. The molecule has 0 N–H and O–H groups in total. The molecule has 0 bridgehead atoms. The molecule has 0 saturated heterocycles. The highest BCUT2D eigenvalue weighted by Gasteiger charge is 2.12. The second-order valence-electron chi connectivity index (χ2n) is 18.9. The van der Waals surface area contributed by atoms with Crippen molar-refractivity contribution in [3.63, 3.8) is 0 Å². The maximum atomic E-state index is 6.30. The van der Waals surface area contributed by atoms with E-state index in [4.69, 9.17) is 75.8 Å². The summed E-state index contributed by atoms with van der Waals surface area (Å²) >= 11 is 0. The zero-order valence-corrected chi connectivity index (χ0v) is 48.3. The Kier molecular flexibility index (Phi) is 37.9. The summed E-state index contributed by atoms with van der Waals surface area (Å²) in [6, 6.07) is 23.5. The van der Waals surface area contributed by atoms with Crippen LogP contribution in [-0.4, -0.2) is 142 Å². The van der Waals surface area contributed by atoms with E-state index in [1.165, 1.54) is 18.4 Å². The Labute approximate surface area is 456 Å². The monoisotopic (exact) mass is 1070 g/mol. The number of rotatable bonds is 40. The first-order valence-electron chi connectivity index (χ1n) is 26.4. The average molecular weight is 1070 g/mol. The predicted octanol–water partition coefficient (Wildman–Crippen LogP) is 11.1. The minimum Gasteiger partial charge on any atom is -0.491 e. The standard InChI is InChI=1S/C35H48O10.C16H26O4.C9H20O2/c1-26(2)13-27-14-33(43-23-28-16-30(40-10-7-36-3)20-31(17-28)41-11-8-37-4)22-34(15-27)44-24-29-18-32(42-12-9-38-5)21-35(19-29)45-25-39-6;1-13(2)9-14-10-15(19-7-5-17-3)12-16(11-14)20-8-6-18-4;1-9(2)5-4-6-11-8-7-10-3/h14-22,26H,7-13,23-25H2,1-6H3;10-13H,5-9H2,1-4H3;9H,4-8H2,1-3H3. The summed E-state index contributed by atoms with van der Waals surface area (Å²) in [5.74, 6) is 7.56. The fraction of sp³-hybridized carbons (Fsp3) is 0.600. The van der Waals surface area contributed by atoms with E-state index in [1.54, 1.807) is 49.8 Å². The molecular weight excluding hydrogens is 977 g/mol. The van der Waals surface area contributed by atoms with Crippen molar-refractivity contribution in [2.75, 3.05) is 142 Å². The van der Waals surface area contributed by atoms with Crippen LogP contribution in [0.15, 0.2) is 72.8 Å². The van der Waals surface area contributed by atoms with Gasteiger partial charge in [0.2, 0.25) is 0 Å². The highest BCUT2D eigenvalue weighted by atomic mass is 16.7. The molecule has 0 saturated carbocycles. The van der Waals surface area contributed by atoms with Gasteiger partial charge in [-0.05, 0) is 114 Å². The molecule has 4 rings (SSSR count). The molecule has 0 unspecified atom stereocenters. The molecule has 0 aliphatic carbocycles. The molecular formula is C60H94O16. The molecule has 16 heteroatoms. The number of methoxy groups -OCH3 is 7. The lowest BCUT2D eigenvalue weighted by Gasteiger charge is -2.16. The van der Waals surface area contributed by atoms with Crippen molar-refractivity contribution >= 4 is 0 Å². The van der Waals surface area contributed by atoms with Crippen LogP contribution < -0.4 is 37.9 Å². The summed E-state index contributed by atoms with van der Waals surface area (Å²) < 4.78 is 87.7. The lowest BCUT2D eigenvalue weighted by molar-refractivity contribution is 0.0507. The van der Waals surface area contributed by atoms with Crippen molar-refractivity contribution in [3.05, 3.63) is 95.1 Å². The van der Waals surface area contributed by atoms with E-state index in [1.807, 2.05) is 48.5 Å². The Bertz CT molecular complexity index is 1990. The number of benzene rings is 4. The molecule has 4 aromatic rings. The van der Waals surface area contributed by atoms with E-state index in [2.05, 4.69) is 65.8 Å². The summed E-state index contributed by atoms with van der Waals surface area (Å²) in [5, 5.41) is 0. The molecule has 76 heavy (non-hydrogen) atoms. The van der Waals surface area contributed by atoms with Crippen LogP contribution in [0.3, 0.4) is 0 Å².